The minimum atomic E-state index is -1.01. The van der Waals surface area contributed by atoms with Crippen LogP contribution in [0.2, 0.25) is 0 Å². The molecule has 1 aromatic carbocycles. The van der Waals surface area contributed by atoms with Crippen LogP contribution in [0.15, 0.2) is 34.1 Å². The number of hydrogen-bond acceptors (Lipinski definition) is 10. The molecule has 0 aromatic heterocycles. The summed E-state index contributed by atoms with van der Waals surface area (Å²) in [5.74, 6) is -1.90. The van der Waals surface area contributed by atoms with Crippen LogP contribution in [0.5, 0.6) is 17.2 Å². The molecule has 0 saturated carbocycles. The molecule has 1 aromatic rings. The Labute approximate surface area is 208 Å². The van der Waals surface area contributed by atoms with Crippen molar-refractivity contribution in [2.45, 2.75) is 37.9 Å². The van der Waals surface area contributed by atoms with E-state index >= 15 is 0 Å². The van der Waals surface area contributed by atoms with E-state index in [2.05, 4.69) is 0 Å². The standard InChI is InChI=1S/C24H30N2O8S/c1-7-8-9-34-24(29)17-16(13-10-14(30-3)19(32-5)15(11-13)31-4)18(23(28)33-6)22-26(20(17)25)21(27)12(2)35-22/h10-12,16H,7-9,25H2,1-6H3. The Kier molecular flexibility index (Phi) is 8.21. The van der Waals surface area contributed by atoms with Crippen LogP contribution in [0.4, 0.5) is 0 Å². The summed E-state index contributed by atoms with van der Waals surface area (Å²) in [6.07, 6.45) is 1.46. The van der Waals surface area contributed by atoms with Crippen LogP contribution in [0, 0.1) is 0 Å². The van der Waals surface area contributed by atoms with Gasteiger partial charge in [0.1, 0.15) is 5.82 Å². The fourth-order valence-corrected chi connectivity index (χ4v) is 5.19. The highest BCUT2D eigenvalue weighted by molar-refractivity contribution is 8.04. The van der Waals surface area contributed by atoms with Crippen molar-refractivity contribution in [1.29, 1.82) is 0 Å². The summed E-state index contributed by atoms with van der Waals surface area (Å²) in [4.78, 5) is 40.7. The van der Waals surface area contributed by atoms with Crippen LogP contribution < -0.4 is 19.9 Å². The van der Waals surface area contributed by atoms with Crippen molar-refractivity contribution in [3.8, 4) is 17.2 Å². The normalized spacial score (nSPS) is 19.5. The Balaban J connectivity index is 2.32. The van der Waals surface area contributed by atoms with E-state index in [4.69, 9.17) is 29.4 Å². The van der Waals surface area contributed by atoms with Gasteiger partial charge in [-0.1, -0.05) is 25.1 Å². The van der Waals surface area contributed by atoms with Gasteiger partial charge in [0, 0.05) is 0 Å². The van der Waals surface area contributed by atoms with E-state index in [9.17, 15) is 14.4 Å². The molecule has 2 N–H and O–H groups in total. The second kappa shape index (κ2) is 10.9. The zero-order valence-electron chi connectivity index (χ0n) is 20.6. The van der Waals surface area contributed by atoms with Crippen LogP contribution in [-0.2, 0) is 23.9 Å². The number of rotatable bonds is 9. The Morgan fingerprint density at radius 1 is 1.03 bits per heavy atom. The van der Waals surface area contributed by atoms with E-state index in [0.717, 1.165) is 6.42 Å². The first-order valence-corrected chi connectivity index (χ1v) is 11.9. The third kappa shape index (κ3) is 4.64. The van der Waals surface area contributed by atoms with E-state index < -0.39 is 23.1 Å². The van der Waals surface area contributed by atoms with Crippen molar-refractivity contribution < 1.29 is 38.1 Å². The number of carbonyl (C=O) groups excluding carboxylic acids is 3. The summed E-state index contributed by atoms with van der Waals surface area (Å²) in [7, 11) is 5.62. The van der Waals surface area contributed by atoms with Crippen LogP contribution in [-0.4, -0.2) is 63.0 Å². The number of nitrogens with zero attached hydrogens (tertiary/aromatic N) is 1. The number of esters is 2. The van der Waals surface area contributed by atoms with Gasteiger partial charge in [-0.25, -0.2) is 9.59 Å². The average molecular weight is 507 g/mol. The average Bonchev–Trinajstić information content (AvgIpc) is 3.16. The SMILES string of the molecule is CCCCOC(=O)C1=C(N)N2C(=O)C(C)SC2=C(C(=O)OC)C1c1cc(OC)c(OC)c(OC)c1. The highest BCUT2D eigenvalue weighted by atomic mass is 32.2. The van der Waals surface area contributed by atoms with Gasteiger partial charge in [0.05, 0.1) is 62.4 Å². The molecule has 10 nitrogen and oxygen atoms in total. The monoisotopic (exact) mass is 506 g/mol. The Morgan fingerprint density at radius 3 is 2.17 bits per heavy atom. The summed E-state index contributed by atoms with van der Waals surface area (Å²) in [6.45, 7) is 3.83. The van der Waals surface area contributed by atoms with E-state index in [1.54, 1.807) is 19.1 Å². The molecule has 1 fully saturated rings. The summed E-state index contributed by atoms with van der Waals surface area (Å²) in [5, 5.41) is -0.199. The van der Waals surface area contributed by atoms with Gasteiger partial charge < -0.3 is 29.4 Å². The summed E-state index contributed by atoms with van der Waals surface area (Å²) >= 11 is 1.18. The van der Waals surface area contributed by atoms with Crippen molar-refractivity contribution in [1.82, 2.24) is 4.90 Å². The van der Waals surface area contributed by atoms with E-state index in [0.29, 0.717) is 34.3 Å². The van der Waals surface area contributed by atoms with Crippen LogP contribution in [0.1, 0.15) is 38.2 Å². The number of methoxy groups -OCH3 is 4. The van der Waals surface area contributed by atoms with E-state index in [-0.39, 0.29) is 29.5 Å². The number of ether oxygens (including phenoxy) is 5. The van der Waals surface area contributed by atoms with Gasteiger partial charge in [-0.2, -0.15) is 0 Å². The molecule has 2 aliphatic rings. The molecule has 2 aliphatic heterocycles. The molecule has 2 atom stereocenters. The lowest BCUT2D eigenvalue weighted by Gasteiger charge is -2.33. The second-order valence-corrected chi connectivity index (χ2v) is 9.15. The number of hydrogen-bond donors (Lipinski definition) is 1. The molecule has 1 saturated heterocycles. The number of unbranched alkanes of at least 4 members (excludes halogenated alkanes) is 1. The summed E-state index contributed by atoms with van der Waals surface area (Å²) < 4.78 is 27.0. The highest BCUT2D eigenvalue weighted by Gasteiger charge is 2.49. The molecule has 0 aliphatic carbocycles. The predicted molar refractivity (Wildman–Crippen MR) is 129 cm³/mol. The van der Waals surface area contributed by atoms with E-state index in [1.807, 2.05) is 6.92 Å². The smallest absolute Gasteiger partial charge is 0.338 e. The maximum absolute atomic E-state index is 13.4. The van der Waals surface area contributed by atoms with Gasteiger partial charge in [0.15, 0.2) is 11.5 Å². The van der Waals surface area contributed by atoms with Crippen molar-refractivity contribution in [3.63, 3.8) is 0 Å². The van der Waals surface area contributed by atoms with Crippen molar-refractivity contribution in [3.05, 3.63) is 39.7 Å². The van der Waals surface area contributed by atoms with Gasteiger partial charge in [-0.3, -0.25) is 9.69 Å². The zero-order chi connectivity index (χ0) is 25.9. The molecular formula is C24H30N2O8S. The second-order valence-electron chi connectivity index (χ2n) is 7.82. The van der Waals surface area contributed by atoms with Crippen LogP contribution in [0.3, 0.4) is 0 Å². The molecule has 1 amide bonds. The maximum Gasteiger partial charge on any atom is 0.338 e. The van der Waals surface area contributed by atoms with Crippen LogP contribution in [0.25, 0.3) is 0 Å². The number of nitrogens with two attached hydrogens (primary N) is 1. The lowest BCUT2D eigenvalue weighted by Crippen LogP contribution is -2.40. The molecular weight excluding hydrogens is 476 g/mol. The lowest BCUT2D eigenvalue weighted by molar-refractivity contribution is -0.139. The number of amides is 1. The van der Waals surface area contributed by atoms with Gasteiger partial charge in [0.25, 0.3) is 0 Å². The summed E-state index contributed by atoms with van der Waals surface area (Å²) in [5.41, 5.74) is 6.96. The first kappa shape index (κ1) is 26.3. The molecule has 0 bridgehead atoms. The lowest BCUT2D eigenvalue weighted by atomic mass is 9.82. The number of thioether (sulfide) groups is 1. The molecule has 3 rings (SSSR count). The number of fused-ring (bicyclic) bond motifs is 1. The predicted octanol–water partition coefficient (Wildman–Crippen LogP) is 2.67. The first-order valence-electron chi connectivity index (χ1n) is 11.0. The fraction of sp³-hybridized carbons (Fsp3) is 0.458. The fourth-order valence-electron chi connectivity index (χ4n) is 4.03. The molecule has 0 radical (unpaired) electrons. The zero-order valence-corrected chi connectivity index (χ0v) is 21.4. The van der Waals surface area contributed by atoms with Crippen molar-refractivity contribution in [2.24, 2.45) is 5.73 Å². The Hall–Kier alpha value is -3.34. The van der Waals surface area contributed by atoms with Gasteiger partial charge in [0.2, 0.25) is 11.7 Å². The topological polar surface area (TPSA) is 127 Å². The van der Waals surface area contributed by atoms with Gasteiger partial charge in [-0.15, -0.1) is 0 Å². The third-order valence-electron chi connectivity index (χ3n) is 5.76. The Morgan fingerprint density at radius 2 is 1.66 bits per heavy atom. The molecule has 190 valence electrons. The van der Waals surface area contributed by atoms with Gasteiger partial charge in [-0.05, 0) is 31.0 Å². The number of benzene rings is 1. The van der Waals surface area contributed by atoms with Crippen molar-refractivity contribution in [2.75, 3.05) is 35.0 Å². The first-order chi connectivity index (χ1) is 16.7. The van der Waals surface area contributed by atoms with Crippen LogP contribution >= 0.6 is 11.8 Å². The highest BCUT2D eigenvalue weighted by Crippen LogP contribution is 2.51. The minimum absolute atomic E-state index is 0.0393. The van der Waals surface area contributed by atoms with Crippen molar-refractivity contribution >= 4 is 29.6 Å². The molecule has 35 heavy (non-hydrogen) atoms. The van der Waals surface area contributed by atoms with E-state index in [1.165, 1.54) is 45.1 Å². The molecule has 2 heterocycles. The van der Waals surface area contributed by atoms with Gasteiger partial charge >= 0.3 is 11.9 Å². The third-order valence-corrected chi connectivity index (χ3v) is 6.94. The summed E-state index contributed by atoms with van der Waals surface area (Å²) in [6, 6.07) is 3.26. The maximum atomic E-state index is 13.4. The molecule has 11 heteroatoms. The largest absolute Gasteiger partial charge is 0.493 e. The quantitative estimate of drug-likeness (QED) is 0.394. The molecule has 0 spiro atoms. The Bertz CT molecular complexity index is 1070. The number of carbonyl (C=O) groups is 3. The molecule has 2 unspecified atom stereocenters. The minimum Gasteiger partial charge on any atom is -0.493 e.